The molecule has 1 aliphatic rings. The Bertz CT molecular complexity index is 963. The molecular weight excluding hydrogens is 349 g/mol. The number of allylic oxidation sites excluding steroid dienone is 1. The van der Waals surface area contributed by atoms with Gasteiger partial charge in [-0.05, 0) is 55.7 Å². The van der Waals surface area contributed by atoms with E-state index in [2.05, 4.69) is 5.32 Å². The minimum Gasteiger partial charge on any atom is -0.369 e. The molecule has 3 rings (SSSR count). The highest BCUT2D eigenvalue weighted by molar-refractivity contribution is 5.96. The zero-order valence-electron chi connectivity index (χ0n) is 14.8. The second-order valence-corrected chi connectivity index (χ2v) is 6.56. The topological polar surface area (TPSA) is 94.2 Å². The lowest BCUT2D eigenvalue weighted by Crippen LogP contribution is -2.47. The van der Waals surface area contributed by atoms with Gasteiger partial charge in [-0.15, -0.1) is 0 Å². The van der Waals surface area contributed by atoms with Crippen LogP contribution in [0.2, 0.25) is 0 Å². The van der Waals surface area contributed by atoms with Crippen molar-refractivity contribution in [2.75, 3.05) is 0 Å². The lowest BCUT2D eigenvalue weighted by Gasteiger charge is -2.27. The molecule has 3 N–H and O–H groups in total. The fraction of sp³-hybridized carbons (Fsp3) is 0.250. The van der Waals surface area contributed by atoms with E-state index in [9.17, 15) is 18.8 Å². The maximum absolute atomic E-state index is 13.1. The summed E-state index contributed by atoms with van der Waals surface area (Å²) in [5.41, 5.74) is 5.86. The summed E-state index contributed by atoms with van der Waals surface area (Å²) in [5.74, 6) is -1.97. The number of nitrogens with two attached hydrogens (primary N) is 1. The van der Waals surface area contributed by atoms with Gasteiger partial charge in [0.15, 0.2) is 0 Å². The van der Waals surface area contributed by atoms with Crippen LogP contribution in [-0.4, -0.2) is 22.4 Å². The molecule has 1 aliphatic carbocycles. The number of rotatable bonds is 4. The van der Waals surface area contributed by atoms with E-state index < -0.39 is 35.2 Å². The second kappa shape index (κ2) is 7.57. The van der Waals surface area contributed by atoms with Crippen LogP contribution in [0.15, 0.2) is 53.5 Å². The van der Waals surface area contributed by atoms with Gasteiger partial charge in [-0.1, -0.05) is 12.2 Å². The van der Waals surface area contributed by atoms with Gasteiger partial charge in [0.05, 0.1) is 5.92 Å². The van der Waals surface area contributed by atoms with Crippen molar-refractivity contribution in [1.82, 2.24) is 9.88 Å². The summed E-state index contributed by atoms with van der Waals surface area (Å²) in [4.78, 5) is 37.3. The monoisotopic (exact) mass is 369 g/mol. The number of nitrogens with zero attached hydrogens (tertiary/aromatic N) is 1. The number of carbonyl (C=O) groups is 2. The Balaban J connectivity index is 1.94. The first kappa shape index (κ1) is 18.6. The Kier molecular flexibility index (Phi) is 5.21. The zero-order valence-corrected chi connectivity index (χ0v) is 14.8. The van der Waals surface area contributed by atoms with E-state index >= 15 is 0 Å². The van der Waals surface area contributed by atoms with Gasteiger partial charge in [-0.25, -0.2) is 4.39 Å². The quantitative estimate of drug-likeness (QED) is 0.805. The molecular formula is C20H20FN3O3. The summed E-state index contributed by atoms with van der Waals surface area (Å²) in [5, 5.41) is 2.77. The number of aryl methyl sites for hydroxylation is 1. The van der Waals surface area contributed by atoms with Crippen molar-refractivity contribution in [3.63, 3.8) is 0 Å². The molecule has 0 bridgehead atoms. The van der Waals surface area contributed by atoms with Crippen molar-refractivity contribution < 1.29 is 14.0 Å². The van der Waals surface area contributed by atoms with E-state index in [4.69, 9.17) is 5.73 Å². The maximum atomic E-state index is 13.1. The van der Waals surface area contributed by atoms with Crippen molar-refractivity contribution in [3.05, 3.63) is 76.0 Å². The Hall–Kier alpha value is -3.22. The standard InChI is InChI=1S/C20H20FN3O3/c1-12-10-11-24(14-8-6-13(21)7-9-14)20(27)17(12)19(26)23-16-5-3-2-4-15(16)18(22)25/h2-3,6-11,15-16H,4-5H2,1H3,(H2,22,25)(H,23,26)/t15-,16-/m1/s1. The smallest absolute Gasteiger partial charge is 0.268 e. The molecule has 2 atom stereocenters. The average Bonchev–Trinajstić information content (AvgIpc) is 2.63. The molecule has 1 aromatic carbocycles. The molecule has 2 amide bonds. The number of benzene rings is 1. The van der Waals surface area contributed by atoms with Gasteiger partial charge in [0.1, 0.15) is 11.4 Å². The van der Waals surface area contributed by atoms with Crippen LogP contribution < -0.4 is 16.6 Å². The Labute approximate surface area is 155 Å². The van der Waals surface area contributed by atoms with Crippen LogP contribution in [0.25, 0.3) is 5.69 Å². The lowest BCUT2D eigenvalue weighted by atomic mass is 9.88. The van der Waals surface area contributed by atoms with Crippen LogP contribution >= 0.6 is 0 Å². The predicted molar refractivity (Wildman–Crippen MR) is 99.0 cm³/mol. The van der Waals surface area contributed by atoms with Crippen LogP contribution in [0.4, 0.5) is 4.39 Å². The normalized spacial score (nSPS) is 18.9. The Morgan fingerprint density at radius 3 is 2.48 bits per heavy atom. The van der Waals surface area contributed by atoms with E-state index in [1.54, 1.807) is 13.0 Å². The van der Waals surface area contributed by atoms with E-state index in [0.29, 0.717) is 24.1 Å². The Morgan fingerprint density at radius 1 is 1.15 bits per heavy atom. The molecule has 7 heteroatoms. The molecule has 0 fully saturated rings. The molecule has 2 aromatic rings. The zero-order chi connectivity index (χ0) is 19.6. The van der Waals surface area contributed by atoms with Crippen LogP contribution in [0.3, 0.4) is 0 Å². The number of hydrogen-bond acceptors (Lipinski definition) is 3. The number of hydrogen-bond donors (Lipinski definition) is 2. The molecule has 0 saturated carbocycles. The maximum Gasteiger partial charge on any atom is 0.268 e. The van der Waals surface area contributed by atoms with Crippen LogP contribution in [0.5, 0.6) is 0 Å². The van der Waals surface area contributed by atoms with E-state index in [1.807, 2.05) is 12.2 Å². The highest BCUT2D eigenvalue weighted by Crippen LogP contribution is 2.19. The molecule has 0 radical (unpaired) electrons. The van der Waals surface area contributed by atoms with Crippen molar-refractivity contribution in [1.29, 1.82) is 0 Å². The number of aromatic nitrogens is 1. The van der Waals surface area contributed by atoms with Gasteiger partial charge < -0.3 is 11.1 Å². The molecule has 0 unspecified atom stereocenters. The molecule has 0 aliphatic heterocycles. The van der Waals surface area contributed by atoms with Crippen LogP contribution in [-0.2, 0) is 4.79 Å². The molecule has 1 aromatic heterocycles. The highest BCUT2D eigenvalue weighted by atomic mass is 19.1. The molecule has 1 heterocycles. The third kappa shape index (κ3) is 3.81. The van der Waals surface area contributed by atoms with Crippen LogP contribution in [0, 0.1) is 18.7 Å². The predicted octanol–water partition coefficient (Wildman–Crippen LogP) is 1.83. The second-order valence-electron chi connectivity index (χ2n) is 6.56. The van der Waals surface area contributed by atoms with Gasteiger partial charge in [0, 0.05) is 17.9 Å². The number of halogens is 1. The van der Waals surface area contributed by atoms with Gasteiger partial charge >= 0.3 is 0 Å². The number of nitrogens with one attached hydrogen (secondary N) is 1. The summed E-state index contributed by atoms with van der Waals surface area (Å²) in [6, 6.07) is 6.59. The minimum absolute atomic E-state index is 0.0143. The number of amides is 2. The molecule has 6 nitrogen and oxygen atoms in total. The largest absolute Gasteiger partial charge is 0.369 e. The number of carbonyl (C=O) groups excluding carboxylic acids is 2. The molecule has 0 saturated heterocycles. The minimum atomic E-state index is -0.555. The molecule has 0 spiro atoms. The van der Waals surface area contributed by atoms with Gasteiger partial charge in [-0.2, -0.15) is 0 Å². The highest BCUT2D eigenvalue weighted by Gasteiger charge is 2.29. The van der Waals surface area contributed by atoms with E-state index in [1.165, 1.54) is 35.0 Å². The summed E-state index contributed by atoms with van der Waals surface area (Å²) < 4.78 is 14.4. The molecule has 140 valence electrons. The lowest BCUT2D eigenvalue weighted by molar-refractivity contribution is -0.122. The summed E-state index contributed by atoms with van der Waals surface area (Å²) in [6.07, 6.45) is 6.19. The molecule has 27 heavy (non-hydrogen) atoms. The third-order valence-corrected chi connectivity index (χ3v) is 4.75. The number of primary amides is 1. The third-order valence-electron chi connectivity index (χ3n) is 4.75. The summed E-state index contributed by atoms with van der Waals surface area (Å²) in [6.45, 7) is 1.66. The fourth-order valence-electron chi connectivity index (χ4n) is 3.24. The fourth-order valence-corrected chi connectivity index (χ4v) is 3.24. The van der Waals surface area contributed by atoms with Gasteiger partial charge in [0.2, 0.25) is 5.91 Å². The number of pyridine rings is 1. The van der Waals surface area contributed by atoms with E-state index in [0.717, 1.165) is 0 Å². The van der Waals surface area contributed by atoms with Crippen molar-refractivity contribution >= 4 is 11.8 Å². The first-order valence-electron chi connectivity index (χ1n) is 8.62. The van der Waals surface area contributed by atoms with Gasteiger partial charge in [-0.3, -0.25) is 19.0 Å². The SMILES string of the molecule is Cc1ccn(-c2ccc(F)cc2)c(=O)c1C(=O)N[C@@H]1CC=CC[C@H]1C(N)=O. The van der Waals surface area contributed by atoms with Gasteiger partial charge in [0.25, 0.3) is 11.5 Å². The van der Waals surface area contributed by atoms with E-state index in [-0.39, 0.29) is 5.56 Å². The average molecular weight is 369 g/mol. The first-order valence-corrected chi connectivity index (χ1v) is 8.62. The summed E-state index contributed by atoms with van der Waals surface area (Å²) >= 11 is 0. The van der Waals surface area contributed by atoms with Crippen molar-refractivity contribution in [3.8, 4) is 5.69 Å². The van der Waals surface area contributed by atoms with Crippen molar-refractivity contribution in [2.45, 2.75) is 25.8 Å². The summed E-state index contributed by atoms with van der Waals surface area (Å²) in [7, 11) is 0. The van der Waals surface area contributed by atoms with Crippen molar-refractivity contribution in [2.24, 2.45) is 11.7 Å². The van der Waals surface area contributed by atoms with Crippen LogP contribution in [0.1, 0.15) is 28.8 Å². The first-order chi connectivity index (χ1) is 12.9. The Morgan fingerprint density at radius 2 is 1.81 bits per heavy atom.